The number of benzene rings is 2. The van der Waals surface area contributed by atoms with Crippen LogP contribution in [0.3, 0.4) is 0 Å². The molecule has 1 N–H and O–H groups in total. The SMILES string of the molecule is Clc1ccc([C@H]2CN(Cc3cc4ccccc4[nH]3)CCO2)cc1. The molecular weight excluding hydrogens is 308 g/mol. The molecule has 2 aromatic carbocycles. The second-order valence-electron chi connectivity index (χ2n) is 6.03. The average Bonchev–Trinajstić information content (AvgIpc) is 2.98. The summed E-state index contributed by atoms with van der Waals surface area (Å²) in [6.45, 7) is 3.53. The van der Waals surface area contributed by atoms with E-state index in [1.165, 1.54) is 22.2 Å². The van der Waals surface area contributed by atoms with Gasteiger partial charge in [0.15, 0.2) is 0 Å². The second kappa shape index (κ2) is 6.36. The smallest absolute Gasteiger partial charge is 0.0952 e. The zero-order valence-corrected chi connectivity index (χ0v) is 13.6. The molecule has 1 atom stereocenters. The molecule has 1 aromatic heterocycles. The summed E-state index contributed by atoms with van der Waals surface area (Å²) >= 11 is 5.97. The molecule has 0 aliphatic carbocycles. The molecule has 4 rings (SSSR count). The van der Waals surface area contributed by atoms with E-state index in [9.17, 15) is 0 Å². The minimum absolute atomic E-state index is 0.116. The summed E-state index contributed by atoms with van der Waals surface area (Å²) in [4.78, 5) is 5.94. The van der Waals surface area contributed by atoms with Crippen LogP contribution in [0.25, 0.3) is 10.9 Å². The maximum Gasteiger partial charge on any atom is 0.0952 e. The van der Waals surface area contributed by atoms with Crippen molar-refractivity contribution in [3.05, 3.63) is 70.9 Å². The molecule has 0 bridgehead atoms. The lowest BCUT2D eigenvalue weighted by Gasteiger charge is -2.32. The molecule has 1 fully saturated rings. The van der Waals surface area contributed by atoms with Crippen LogP contribution in [0.5, 0.6) is 0 Å². The highest BCUT2D eigenvalue weighted by Gasteiger charge is 2.22. The highest BCUT2D eigenvalue weighted by Crippen LogP contribution is 2.25. The van der Waals surface area contributed by atoms with E-state index in [-0.39, 0.29) is 6.10 Å². The van der Waals surface area contributed by atoms with E-state index >= 15 is 0 Å². The van der Waals surface area contributed by atoms with Gasteiger partial charge < -0.3 is 9.72 Å². The van der Waals surface area contributed by atoms with Crippen molar-refractivity contribution in [2.75, 3.05) is 19.7 Å². The molecule has 0 radical (unpaired) electrons. The first-order valence-corrected chi connectivity index (χ1v) is 8.32. The van der Waals surface area contributed by atoms with Crippen LogP contribution in [-0.2, 0) is 11.3 Å². The van der Waals surface area contributed by atoms with Crippen molar-refractivity contribution in [3.63, 3.8) is 0 Å². The summed E-state index contributed by atoms with van der Waals surface area (Å²) in [5.41, 5.74) is 3.64. The fourth-order valence-electron chi connectivity index (χ4n) is 3.18. The fourth-order valence-corrected chi connectivity index (χ4v) is 3.31. The maximum atomic E-state index is 5.97. The molecule has 2 heterocycles. The molecule has 0 unspecified atom stereocenters. The topological polar surface area (TPSA) is 28.3 Å². The number of rotatable bonds is 3. The third kappa shape index (κ3) is 3.27. The van der Waals surface area contributed by atoms with Crippen LogP contribution < -0.4 is 0 Å². The summed E-state index contributed by atoms with van der Waals surface area (Å²) in [5.74, 6) is 0. The molecule has 118 valence electrons. The molecule has 0 saturated carbocycles. The summed E-state index contributed by atoms with van der Waals surface area (Å²) in [6.07, 6.45) is 0.116. The largest absolute Gasteiger partial charge is 0.371 e. The van der Waals surface area contributed by atoms with E-state index in [0.29, 0.717) is 0 Å². The van der Waals surface area contributed by atoms with E-state index in [1.54, 1.807) is 0 Å². The number of para-hydroxylation sites is 1. The van der Waals surface area contributed by atoms with E-state index < -0.39 is 0 Å². The molecule has 1 aliphatic heterocycles. The van der Waals surface area contributed by atoms with E-state index in [4.69, 9.17) is 16.3 Å². The van der Waals surface area contributed by atoms with Crippen LogP contribution in [0.2, 0.25) is 5.02 Å². The van der Waals surface area contributed by atoms with Crippen molar-refractivity contribution < 1.29 is 4.74 Å². The third-order valence-electron chi connectivity index (χ3n) is 4.37. The lowest BCUT2D eigenvalue weighted by atomic mass is 10.1. The molecule has 0 spiro atoms. The number of aromatic amines is 1. The number of hydrogen-bond donors (Lipinski definition) is 1. The van der Waals surface area contributed by atoms with Crippen molar-refractivity contribution in [2.45, 2.75) is 12.6 Å². The maximum absolute atomic E-state index is 5.97. The number of aromatic nitrogens is 1. The Hall–Kier alpha value is -1.81. The monoisotopic (exact) mass is 326 g/mol. The van der Waals surface area contributed by atoms with Crippen LogP contribution >= 0.6 is 11.6 Å². The first kappa shape index (κ1) is 14.8. The van der Waals surface area contributed by atoms with Crippen molar-refractivity contribution in [1.82, 2.24) is 9.88 Å². The van der Waals surface area contributed by atoms with Gasteiger partial charge in [0.1, 0.15) is 0 Å². The predicted octanol–water partition coefficient (Wildman–Crippen LogP) is 4.39. The second-order valence-corrected chi connectivity index (χ2v) is 6.46. The number of ether oxygens (including phenoxy) is 1. The van der Waals surface area contributed by atoms with Crippen molar-refractivity contribution in [1.29, 1.82) is 0 Å². The Labute approximate surface area is 140 Å². The molecule has 3 aromatic rings. The van der Waals surface area contributed by atoms with Gasteiger partial charge in [0.2, 0.25) is 0 Å². The molecule has 23 heavy (non-hydrogen) atoms. The van der Waals surface area contributed by atoms with Gasteiger partial charge in [0, 0.05) is 35.9 Å². The molecule has 3 nitrogen and oxygen atoms in total. The van der Waals surface area contributed by atoms with Gasteiger partial charge in [0.05, 0.1) is 12.7 Å². The first-order valence-electron chi connectivity index (χ1n) is 7.94. The lowest BCUT2D eigenvalue weighted by molar-refractivity contribution is -0.0332. The first-order chi connectivity index (χ1) is 11.3. The van der Waals surface area contributed by atoms with Crippen LogP contribution in [0, 0.1) is 0 Å². The van der Waals surface area contributed by atoms with Crippen molar-refractivity contribution in [3.8, 4) is 0 Å². The van der Waals surface area contributed by atoms with E-state index in [0.717, 1.165) is 31.3 Å². The third-order valence-corrected chi connectivity index (χ3v) is 4.62. The van der Waals surface area contributed by atoms with Crippen molar-refractivity contribution >= 4 is 22.5 Å². The minimum atomic E-state index is 0.116. The highest BCUT2D eigenvalue weighted by atomic mass is 35.5. The minimum Gasteiger partial charge on any atom is -0.371 e. The summed E-state index contributed by atoms with van der Waals surface area (Å²) in [6, 6.07) is 18.6. The normalized spacial score (nSPS) is 19.3. The Morgan fingerprint density at radius 2 is 1.96 bits per heavy atom. The van der Waals surface area contributed by atoms with Crippen molar-refractivity contribution in [2.24, 2.45) is 0 Å². The lowest BCUT2D eigenvalue weighted by Crippen LogP contribution is -2.37. The van der Waals surface area contributed by atoms with Gasteiger partial charge >= 0.3 is 0 Å². The van der Waals surface area contributed by atoms with Gasteiger partial charge in [-0.2, -0.15) is 0 Å². The number of hydrogen-bond acceptors (Lipinski definition) is 2. The molecule has 0 amide bonds. The Balaban J connectivity index is 1.47. The van der Waals surface area contributed by atoms with Gasteiger partial charge in [-0.1, -0.05) is 41.9 Å². The van der Waals surface area contributed by atoms with Gasteiger partial charge in [-0.05, 0) is 35.2 Å². The quantitative estimate of drug-likeness (QED) is 0.773. The molecular formula is C19H19ClN2O. The summed E-state index contributed by atoms with van der Waals surface area (Å²) in [7, 11) is 0. The average molecular weight is 327 g/mol. The van der Waals surface area contributed by atoms with Gasteiger partial charge in [-0.3, -0.25) is 4.90 Å². The molecule has 4 heteroatoms. The summed E-state index contributed by atoms with van der Waals surface area (Å²) < 4.78 is 5.94. The number of nitrogens with one attached hydrogen (secondary N) is 1. The highest BCUT2D eigenvalue weighted by molar-refractivity contribution is 6.30. The van der Waals surface area contributed by atoms with E-state index in [2.05, 4.69) is 52.3 Å². The fraction of sp³-hybridized carbons (Fsp3) is 0.263. The number of fused-ring (bicyclic) bond motifs is 1. The zero-order valence-electron chi connectivity index (χ0n) is 12.8. The van der Waals surface area contributed by atoms with Gasteiger partial charge in [-0.15, -0.1) is 0 Å². The zero-order chi connectivity index (χ0) is 15.6. The number of halogens is 1. The van der Waals surface area contributed by atoms with Gasteiger partial charge in [-0.25, -0.2) is 0 Å². The number of nitrogens with zero attached hydrogens (tertiary/aromatic N) is 1. The Morgan fingerprint density at radius 1 is 1.13 bits per heavy atom. The summed E-state index contributed by atoms with van der Waals surface area (Å²) in [5, 5.41) is 2.03. The molecule has 1 aliphatic rings. The Morgan fingerprint density at radius 3 is 2.78 bits per heavy atom. The van der Waals surface area contributed by atoms with Crippen LogP contribution in [0.15, 0.2) is 54.6 Å². The van der Waals surface area contributed by atoms with Crippen LogP contribution in [0.1, 0.15) is 17.4 Å². The Kier molecular flexibility index (Phi) is 4.08. The number of H-pyrrole nitrogens is 1. The van der Waals surface area contributed by atoms with Crippen LogP contribution in [0.4, 0.5) is 0 Å². The van der Waals surface area contributed by atoms with Crippen LogP contribution in [-0.4, -0.2) is 29.6 Å². The number of morpholine rings is 1. The standard InChI is InChI=1S/C19H19ClN2O/c20-16-7-5-14(6-8-16)19-13-22(9-10-23-19)12-17-11-15-3-1-2-4-18(15)21-17/h1-8,11,19,21H,9-10,12-13H2/t19-/m1/s1. The van der Waals surface area contributed by atoms with E-state index in [1.807, 2.05) is 12.1 Å². The Bertz CT molecular complexity index is 763. The predicted molar refractivity (Wildman–Crippen MR) is 93.7 cm³/mol. The molecule has 1 saturated heterocycles. The van der Waals surface area contributed by atoms with Gasteiger partial charge in [0.25, 0.3) is 0 Å².